The minimum Gasteiger partial charge on any atom is -0.493 e. The fourth-order valence-electron chi connectivity index (χ4n) is 3.57. The van der Waals surface area contributed by atoms with Crippen LogP contribution in [0, 0.1) is 6.92 Å². The predicted molar refractivity (Wildman–Crippen MR) is 116 cm³/mol. The van der Waals surface area contributed by atoms with E-state index in [2.05, 4.69) is 46.3 Å². The quantitative estimate of drug-likeness (QED) is 0.742. The van der Waals surface area contributed by atoms with E-state index in [0.29, 0.717) is 30.2 Å². The van der Waals surface area contributed by atoms with Gasteiger partial charge >= 0.3 is 0 Å². The summed E-state index contributed by atoms with van der Waals surface area (Å²) in [6.45, 7) is 10.1. The van der Waals surface area contributed by atoms with Crippen LogP contribution < -0.4 is 19.7 Å². The number of piperazine rings is 1. The van der Waals surface area contributed by atoms with Gasteiger partial charge in [0.2, 0.25) is 0 Å². The van der Waals surface area contributed by atoms with Crippen LogP contribution in [-0.2, 0) is 0 Å². The van der Waals surface area contributed by atoms with Crippen molar-refractivity contribution >= 4 is 11.6 Å². The van der Waals surface area contributed by atoms with Gasteiger partial charge in [-0.05, 0) is 49.7 Å². The third-order valence-electron chi connectivity index (χ3n) is 5.18. The summed E-state index contributed by atoms with van der Waals surface area (Å²) in [5, 5.41) is 3.01. The molecule has 0 aliphatic carbocycles. The maximum Gasteiger partial charge on any atom is 0.251 e. The molecule has 0 atom stereocenters. The van der Waals surface area contributed by atoms with E-state index in [1.807, 2.05) is 6.92 Å². The second kappa shape index (κ2) is 10.2. The monoisotopic (exact) mass is 397 g/mol. The number of nitrogens with zero attached hydrogens (tertiary/aromatic N) is 2. The first-order chi connectivity index (χ1) is 14.1. The van der Waals surface area contributed by atoms with Crippen molar-refractivity contribution in [3.05, 3.63) is 53.6 Å². The molecule has 1 N–H and O–H groups in total. The van der Waals surface area contributed by atoms with Crippen LogP contribution in [0.2, 0.25) is 0 Å². The van der Waals surface area contributed by atoms with E-state index in [9.17, 15) is 4.79 Å². The summed E-state index contributed by atoms with van der Waals surface area (Å²) in [4.78, 5) is 17.3. The van der Waals surface area contributed by atoms with Gasteiger partial charge in [-0.1, -0.05) is 12.1 Å². The van der Waals surface area contributed by atoms with Gasteiger partial charge in [-0.25, -0.2) is 0 Å². The van der Waals surface area contributed by atoms with Crippen LogP contribution in [0.3, 0.4) is 0 Å². The van der Waals surface area contributed by atoms with E-state index in [1.54, 1.807) is 25.3 Å². The number of ether oxygens (including phenoxy) is 2. The topological polar surface area (TPSA) is 54.0 Å². The maximum atomic E-state index is 12.5. The zero-order valence-corrected chi connectivity index (χ0v) is 17.6. The minimum atomic E-state index is -0.0928. The lowest BCUT2D eigenvalue weighted by Gasteiger charge is -2.36. The van der Waals surface area contributed by atoms with Gasteiger partial charge in [-0.2, -0.15) is 0 Å². The van der Waals surface area contributed by atoms with Gasteiger partial charge in [0.25, 0.3) is 5.91 Å². The van der Waals surface area contributed by atoms with Crippen molar-refractivity contribution in [1.29, 1.82) is 0 Å². The number of methoxy groups -OCH3 is 1. The molecule has 1 saturated heterocycles. The number of hydrogen-bond acceptors (Lipinski definition) is 5. The molecular weight excluding hydrogens is 366 g/mol. The second-order valence-corrected chi connectivity index (χ2v) is 7.22. The number of amides is 1. The summed E-state index contributed by atoms with van der Waals surface area (Å²) < 4.78 is 10.8. The van der Waals surface area contributed by atoms with Crippen LogP contribution in [0.25, 0.3) is 0 Å². The highest BCUT2D eigenvalue weighted by Crippen LogP contribution is 2.28. The highest BCUT2D eigenvalue weighted by molar-refractivity contribution is 5.94. The molecule has 0 spiro atoms. The largest absolute Gasteiger partial charge is 0.493 e. The Morgan fingerprint density at radius 2 is 1.86 bits per heavy atom. The van der Waals surface area contributed by atoms with E-state index in [0.717, 1.165) is 32.7 Å². The molecule has 0 saturated carbocycles. The Kier molecular flexibility index (Phi) is 7.36. The predicted octanol–water partition coefficient (Wildman–Crippen LogP) is 2.95. The molecule has 29 heavy (non-hydrogen) atoms. The summed E-state index contributed by atoms with van der Waals surface area (Å²) in [5.74, 6) is 1.13. The molecule has 0 aromatic heterocycles. The Hall–Kier alpha value is -2.73. The summed E-state index contributed by atoms with van der Waals surface area (Å²) in [7, 11) is 1.58. The van der Waals surface area contributed by atoms with Crippen LogP contribution in [0.1, 0.15) is 22.8 Å². The van der Waals surface area contributed by atoms with Crippen molar-refractivity contribution in [2.75, 3.05) is 57.9 Å². The number of hydrogen-bond donors (Lipinski definition) is 1. The summed E-state index contributed by atoms with van der Waals surface area (Å²) in [5.41, 5.74) is 3.16. The molecule has 2 aromatic carbocycles. The van der Waals surface area contributed by atoms with Gasteiger partial charge in [0.05, 0.1) is 13.7 Å². The van der Waals surface area contributed by atoms with E-state index in [4.69, 9.17) is 9.47 Å². The molecule has 0 bridgehead atoms. The zero-order chi connectivity index (χ0) is 20.6. The molecule has 1 amide bonds. The van der Waals surface area contributed by atoms with Crippen LogP contribution in [0.4, 0.5) is 5.69 Å². The normalized spacial score (nSPS) is 14.5. The first-order valence-corrected chi connectivity index (χ1v) is 10.2. The Balaban J connectivity index is 1.44. The number of carbonyl (C=O) groups excluding carboxylic acids is 1. The molecule has 0 radical (unpaired) electrons. The number of aryl methyl sites for hydroxylation is 1. The molecule has 1 aliphatic heterocycles. The third-order valence-corrected chi connectivity index (χ3v) is 5.18. The number of anilines is 1. The van der Waals surface area contributed by atoms with Crippen molar-refractivity contribution in [2.45, 2.75) is 13.8 Å². The van der Waals surface area contributed by atoms with Gasteiger partial charge in [-0.15, -0.1) is 0 Å². The summed E-state index contributed by atoms with van der Waals surface area (Å²) >= 11 is 0. The molecule has 6 heteroatoms. The Morgan fingerprint density at radius 3 is 2.55 bits per heavy atom. The van der Waals surface area contributed by atoms with Crippen LogP contribution in [-0.4, -0.2) is 63.8 Å². The highest BCUT2D eigenvalue weighted by atomic mass is 16.5. The first kappa shape index (κ1) is 21.0. The Bertz CT molecular complexity index is 817. The number of rotatable bonds is 8. The molecule has 6 nitrogen and oxygen atoms in total. The van der Waals surface area contributed by atoms with E-state index >= 15 is 0 Å². The molecule has 1 aliphatic rings. The van der Waals surface area contributed by atoms with Gasteiger partial charge in [-0.3, -0.25) is 9.69 Å². The third kappa shape index (κ3) is 5.64. The lowest BCUT2D eigenvalue weighted by molar-refractivity contribution is 0.0947. The number of carbonyl (C=O) groups is 1. The molecule has 0 unspecified atom stereocenters. The maximum absolute atomic E-state index is 12.5. The average molecular weight is 398 g/mol. The van der Waals surface area contributed by atoms with E-state index in [-0.39, 0.29) is 5.91 Å². The molecule has 1 fully saturated rings. The molecule has 1 heterocycles. The molecule has 2 aromatic rings. The van der Waals surface area contributed by atoms with E-state index in [1.165, 1.54) is 11.3 Å². The molecule has 3 rings (SSSR count). The highest BCUT2D eigenvalue weighted by Gasteiger charge is 2.17. The fourth-order valence-corrected chi connectivity index (χ4v) is 3.57. The number of benzene rings is 2. The smallest absolute Gasteiger partial charge is 0.251 e. The number of nitrogens with one attached hydrogen (secondary N) is 1. The summed E-state index contributed by atoms with van der Waals surface area (Å²) in [6, 6.07) is 13.9. The Labute approximate surface area is 173 Å². The van der Waals surface area contributed by atoms with E-state index < -0.39 is 0 Å². The van der Waals surface area contributed by atoms with Crippen molar-refractivity contribution in [2.24, 2.45) is 0 Å². The second-order valence-electron chi connectivity index (χ2n) is 7.22. The standard InChI is InChI=1S/C23H31N3O3/c1-4-29-21-9-8-19(17-22(21)28-3)23(27)24-10-11-25-12-14-26(15-13-25)20-7-5-6-18(2)16-20/h5-9,16-17H,4,10-15H2,1-3H3,(H,24,27). The van der Waals surface area contributed by atoms with Gasteiger partial charge < -0.3 is 19.7 Å². The van der Waals surface area contributed by atoms with Gasteiger partial charge in [0.15, 0.2) is 11.5 Å². The zero-order valence-electron chi connectivity index (χ0n) is 17.6. The van der Waals surface area contributed by atoms with Crippen LogP contribution in [0.5, 0.6) is 11.5 Å². The SMILES string of the molecule is CCOc1ccc(C(=O)NCCN2CCN(c3cccc(C)c3)CC2)cc1OC. The van der Waals surface area contributed by atoms with Crippen molar-refractivity contribution < 1.29 is 14.3 Å². The lowest BCUT2D eigenvalue weighted by atomic mass is 10.2. The molecule has 156 valence electrons. The van der Waals surface area contributed by atoms with Crippen molar-refractivity contribution in [3.8, 4) is 11.5 Å². The van der Waals surface area contributed by atoms with Crippen molar-refractivity contribution in [3.63, 3.8) is 0 Å². The summed E-state index contributed by atoms with van der Waals surface area (Å²) in [6.07, 6.45) is 0. The average Bonchev–Trinajstić information content (AvgIpc) is 2.74. The molecular formula is C23H31N3O3. The Morgan fingerprint density at radius 1 is 1.07 bits per heavy atom. The van der Waals surface area contributed by atoms with Crippen molar-refractivity contribution in [1.82, 2.24) is 10.2 Å². The van der Waals surface area contributed by atoms with Gasteiger partial charge in [0.1, 0.15) is 0 Å². The first-order valence-electron chi connectivity index (χ1n) is 10.2. The fraction of sp³-hybridized carbons (Fsp3) is 0.435. The van der Waals surface area contributed by atoms with Gasteiger partial charge in [0, 0.05) is 50.5 Å². The minimum absolute atomic E-state index is 0.0928. The van der Waals surface area contributed by atoms with Crippen LogP contribution >= 0.6 is 0 Å². The van der Waals surface area contributed by atoms with Crippen LogP contribution in [0.15, 0.2) is 42.5 Å². The lowest BCUT2D eigenvalue weighted by Crippen LogP contribution is -2.48.